The molecule has 0 aliphatic carbocycles. The van der Waals surface area contributed by atoms with E-state index in [9.17, 15) is 48.6 Å². The molecule has 0 radical (unpaired) electrons. The fraction of sp³-hybridized carbons (Fsp3) is 0.574. The van der Waals surface area contributed by atoms with E-state index in [-0.39, 0.29) is 24.9 Å². The maximum absolute atomic E-state index is 14.2. The molecule has 0 heterocycles. The minimum absolute atomic E-state index is 0.00377. The summed E-state index contributed by atoms with van der Waals surface area (Å²) in [6.07, 6.45) is -3.92. The summed E-state index contributed by atoms with van der Waals surface area (Å²) >= 11 is 6.03. The van der Waals surface area contributed by atoms with Gasteiger partial charge < -0.3 is 61.6 Å². The summed E-state index contributed by atoms with van der Waals surface area (Å²) in [5.74, 6) is -5.75. The third-order valence-corrected chi connectivity index (χ3v) is 9.71. The number of carbonyl (C=O) groups is 8. The number of unbranched alkanes of at least 4 members (excludes halogenated alkanes) is 1. The van der Waals surface area contributed by atoms with Crippen LogP contribution in [0.25, 0.3) is 11.1 Å². The second-order valence-electron chi connectivity index (χ2n) is 19.2. The average molecular weight is 977 g/mol. The van der Waals surface area contributed by atoms with E-state index < -0.39 is 113 Å². The molecular formula is C47H70ClN7O13. The Morgan fingerprint density at radius 2 is 1.12 bits per heavy atom. The summed E-state index contributed by atoms with van der Waals surface area (Å²) in [6.45, 7) is 19.0. The van der Waals surface area contributed by atoms with E-state index in [1.54, 1.807) is 98.7 Å². The molecule has 68 heavy (non-hydrogen) atoms. The maximum atomic E-state index is 14.2. The number of ether oxygens (including phenoxy) is 3. The molecule has 0 aliphatic heterocycles. The van der Waals surface area contributed by atoms with E-state index >= 15 is 0 Å². The van der Waals surface area contributed by atoms with Crippen molar-refractivity contribution in [3.8, 4) is 11.1 Å². The van der Waals surface area contributed by atoms with Crippen LogP contribution in [0.3, 0.4) is 0 Å². The number of amides is 7. The Morgan fingerprint density at radius 1 is 0.603 bits per heavy atom. The Morgan fingerprint density at radius 3 is 1.63 bits per heavy atom. The molecule has 7 amide bonds. The number of nitrogens with one attached hydrogen (secondary N) is 7. The zero-order chi connectivity index (χ0) is 51.7. The van der Waals surface area contributed by atoms with Crippen LogP contribution in [0.4, 0.5) is 9.59 Å². The van der Waals surface area contributed by atoms with Crippen molar-refractivity contribution >= 4 is 59.3 Å². The number of hydrogen-bond acceptors (Lipinski definition) is 12. The standard InChI is InChI=1S/C47H70ClN7O13/c1-26(36(56)42(62)63)51-39(59)33(15-13-14-24-49-43(64)67-46(7,8)9)53-37(57)27(2)52-41(61)35(28(3)66-45(4,5)6)55-40(60)34(25-50-44(65)68-47(10,11)12)54-38(58)31-18-16-29(17-19-31)30-20-22-32(48)23-21-30/h16-23,26-28,33-36,56H,13-15,24-25H2,1-12H3,(H,49,64)(H,50,65)(H,51,59)(H,52,61)(H,53,57)(H,54,58)(H,55,60)(H,62,63)/t26-,27-,28+,33-,34-,35-,36?/m0/s1. The van der Waals surface area contributed by atoms with Crippen molar-refractivity contribution in [2.24, 2.45) is 0 Å². The number of benzene rings is 2. The van der Waals surface area contributed by atoms with Gasteiger partial charge in [-0.1, -0.05) is 35.9 Å². The number of carboxylic acids is 1. The van der Waals surface area contributed by atoms with Gasteiger partial charge in [-0.2, -0.15) is 0 Å². The van der Waals surface area contributed by atoms with Gasteiger partial charge in [0.25, 0.3) is 5.91 Å². The highest BCUT2D eigenvalue weighted by molar-refractivity contribution is 6.30. The van der Waals surface area contributed by atoms with Gasteiger partial charge in [0.1, 0.15) is 35.4 Å². The molecule has 1 unspecified atom stereocenters. The molecule has 7 atom stereocenters. The van der Waals surface area contributed by atoms with E-state index in [1.165, 1.54) is 20.8 Å². The molecule has 0 aromatic heterocycles. The van der Waals surface area contributed by atoms with Crippen LogP contribution in [0.2, 0.25) is 5.02 Å². The molecule has 0 spiro atoms. The second kappa shape index (κ2) is 26.0. The van der Waals surface area contributed by atoms with Crippen LogP contribution in [-0.4, -0.2) is 130 Å². The monoisotopic (exact) mass is 975 g/mol. The van der Waals surface area contributed by atoms with Crippen LogP contribution in [0.1, 0.15) is 113 Å². The van der Waals surface area contributed by atoms with Gasteiger partial charge in [0.2, 0.25) is 23.6 Å². The van der Waals surface area contributed by atoms with Gasteiger partial charge in [0, 0.05) is 17.1 Å². The molecule has 0 fully saturated rings. The average Bonchev–Trinajstić information content (AvgIpc) is 3.21. The molecule has 0 saturated heterocycles. The van der Waals surface area contributed by atoms with Gasteiger partial charge in [0.05, 0.1) is 24.3 Å². The first kappa shape index (κ1) is 58.1. The van der Waals surface area contributed by atoms with Crippen molar-refractivity contribution < 1.29 is 62.8 Å². The van der Waals surface area contributed by atoms with Crippen molar-refractivity contribution in [3.05, 3.63) is 59.1 Å². The molecule has 2 aromatic carbocycles. The molecule has 0 saturated carbocycles. The summed E-state index contributed by atoms with van der Waals surface area (Å²) in [5.41, 5.74) is -0.652. The number of aliphatic hydroxyl groups is 1. The predicted molar refractivity (Wildman–Crippen MR) is 253 cm³/mol. The zero-order valence-corrected chi connectivity index (χ0v) is 41.7. The molecule has 2 aromatic rings. The predicted octanol–water partition coefficient (Wildman–Crippen LogP) is 3.95. The highest BCUT2D eigenvalue weighted by atomic mass is 35.5. The Kier molecular flexibility index (Phi) is 22.2. The van der Waals surface area contributed by atoms with Gasteiger partial charge >= 0.3 is 18.2 Å². The maximum Gasteiger partial charge on any atom is 0.407 e. The summed E-state index contributed by atoms with van der Waals surface area (Å²) in [7, 11) is 0. The lowest BCUT2D eigenvalue weighted by Crippen LogP contribution is -2.62. The van der Waals surface area contributed by atoms with E-state index in [4.69, 9.17) is 25.8 Å². The first-order valence-electron chi connectivity index (χ1n) is 22.3. The summed E-state index contributed by atoms with van der Waals surface area (Å²) in [5, 5.41) is 37.6. The van der Waals surface area contributed by atoms with Crippen LogP contribution >= 0.6 is 11.6 Å². The molecular weight excluding hydrogens is 906 g/mol. The zero-order valence-electron chi connectivity index (χ0n) is 41.0. The molecule has 20 nitrogen and oxygen atoms in total. The number of rotatable bonds is 22. The summed E-state index contributed by atoms with van der Waals surface area (Å²) in [6, 6.07) is 6.73. The van der Waals surface area contributed by atoms with Gasteiger partial charge in [-0.15, -0.1) is 0 Å². The normalized spacial score (nSPS) is 14.8. The smallest absolute Gasteiger partial charge is 0.407 e. The first-order chi connectivity index (χ1) is 31.3. The van der Waals surface area contributed by atoms with Crippen molar-refractivity contribution in [2.75, 3.05) is 13.1 Å². The van der Waals surface area contributed by atoms with Crippen LogP contribution in [0.15, 0.2) is 48.5 Å². The number of alkyl carbamates (subject to hydrolysis) is 2. The Bertz CT molecular complexity index is 2050. The lowest BCUT2D eigenvalue weighted by molar-refractivity contribution is -0.148. The fourth-order valence-corrected chi connectivity index (χ4v) is 6.34. The Hall–Kier alpha value is -5.99. The number of halogens is 1. The number of carboxylic acid groups (broad SMARTS) is 1. The fourth-order valence-electron chi connectivity index (χ4n) is 6.21. The number of aliphatic carboxylic acids is 1. The Balaban J connectivity index is 2.35. The van der Waals surface area contributed by atoms with Gasteiger partial charge in [-0.3, -0.25) is 24.0 Å². The van der Waals surface area contributed by atoms with E-state index in [2.05, 4.69) is 37.2 Å². The molecule has 0 bridgehead atoms. The second-order valence-corrected chi connectivity index (χ2v) is 19.6. The SMILES string of the molecule is C[C@H](NC(=O)[C@@H](NC(=O)[C@H](CNC(=O)OC(C)(C)C)NC(=O)c1ccc(-c2ccc(Cl)cc2)cc1)[C@@H](C)OC(C)(C)C)C(=O)N[C@@H](CCCCNC(=O)OC(C)(C)C)C(=O)N[C@@H](C)C(O)C(=O)O. The molecule has 9 N–H and O–H groups in total. The lowest BCUT2D eigenvalue weighted by atomic mass is 10.0. The van der Waals surface area contributed by atoms with Crippen LogP contribution in [0.5, 0.6) is 0 Å². The summed E-state index contributed by atoms with van der Waals surface area (Å²) < 4.78 is 16.6. The Labute approximate surface area is 403 Å². The van der Waals surface area contributed by atoms with Crippen LogP contribution in [-0.2, 0) is 38.2 Å². The minimum atomic E-state index is -1.95. The molecule has 2 rings (SSSR count). The van der Waals surface area contributed by atoms with Gasteiger partial charge in [-0.05, 0) is 138 Å². The van der Waals surface area contributed by atoms with Gasteiger partial charge in [0.15, 0.2) is 6.10 Å². The quantitative estimate of drug-likeness (QED) is 0.0757. The third kappa shape index (κ3) is 21.8. The molecule has 0 aliphatic rings. The van der Waals surface area contributed by atoms with E-state index in [1.807, 2.05) is 12.1 Å². The third-order valence-electron chi connectivity index (χ3n) is 9.45. The topological polar surface area (TPSA) is 289 Å². The minimum Gasteiger partial charge on any atom is -0.479 e. The van der Waals surface area contributed by atoms with Crippen molar-refractivity contribution in [1.82, 2.24) is 37.2 Å². The van der Waals surface area contributed by atoms with Crippen molar-refractivity contribution in [2.45, 2.75) is 162 Å². The first-order valence-corrected chi connectivity index (χ1v) is 22.6. The largest absolute Gasteiger partial charge is 0.479 e. The van der Waals surface area contributed by atoms with E-state index in [0.717, 1.165) is 11.1 Å². The van der Waals surface area contributed by atoms with Crippen molar-refractivity contribution in [3.63, 3.8) is 0 Å². The van der Waals surface area contributed by atoms with Crippen LogP contribution < -0.4 is 37.2 Å². The summed E-state index contributed by atoms with van der Waals surface area (Å²) in [4.78, 5) is 105. The van der Waals surface area contributed by atoms with E-state index in [0.29, 0.717) is 11.4 Å². The lowest BCUT2D eigenvalue weighted by Gasteiger charge is -2.32. The molecule has 378 valence electrons. The molecule has 21 heteroatoms. The number of hydrogen-bond donors (Lipinski definition) is 9. The highest BCUT2D eigenvalue weighted by Gasteiger charge is 2.36. The number of aliphatic hydroxyl groups excluding tert-OH is 1. The highest BCUT2D eigenvalue weighted by Crippen LogP contribution is 2.22. The van der Waals surface area contributed by atoms with Crippen LogP contribution in [0, 0.1) is 0 Å². The van der Waals surface area contributed by atoms with Crippen molar-refractivity contribution in [1.29, 1.82) is 0 Å². The number of carbonyl (C=O) groups excluding carboxylic acids is 7. The van der Waals surface area contributed by atoms with Gasteiger partial charge in [-0.25, -0.2) is 14.4 Å².